The molecule has 4 aromatic carbocycles. The highest BCUT2D eigenvalue weighted by molar-refractivity contribution is 8.00. The molecule has 0 fully saturated rings. The molecule has 1 unspecified atom stereocenters. The number of rotatable bonds is 11. The third-order valence-electron chi connectivity index (χ3n) is 6.73. The number of hydrogen-bond acceptors (Lipinski definition) is 6. The zero-order valence-electron chi connectivity index (χ0n) is 24.8. The fraction of sp³-hybridized carbons (Fsp3) is 0.0857. The smallest absolute Gasteiger partial charge is 0.272 e. The monoisotopic (exact) mass is 704 g/mol. The Morgan fingerprint density at radius 3 is 2.38 bits per heavy atom. The predicted octanol–water partition coefficient (Wildman–Crippen LogP) is 9.18. The molecule has 0 radical (unpaired) electrons. The van der Waals surface area contributed by atoms with Crippen molar-refractivity contribution >= 4 is 80.9 Å². The third kappa shape index (κ3) is 8.87. The van der Waals surface area contributed by atoms with Gasteiger partial charge in [0.05, 0.1) is 16.0 Å². The molecule has 0 saturated carbocycles. The van der Waals surface area contributed by atoms with Gasteiger partial charge in [0.1, 0.15) is 11.5 Å². The molecule has 1 atom stereocenters. The number of nitrogens with zero attached hydrogens (tertiary/aromatic N) is 1. The minimum atomic E-state index is -0.696. The Balaban J connectivity index is 1.30. The van der Waals surface area contributed by atoms with Crippen LogP contribution < -0.4 is 16.0 Å². The lowest BCUT2D eigenvalue weighted by Gasteiger charge is -2.15. The van der Waals surface area contributed by atoms with Crippen LogP contribution in [0.25, 0.3) is 17.3 Å². The molecule has 47 heavy (non-hydrogen) atoms. The molecule has 0 saturated heterocycles. The molecule has 0 bridgehead atoms. The van der Waals surface area contributed by atoms with Crippen LogP contribution >= 0.6 is 46.3 Å². The summed E-state index contributed by atoms with van der Waals surface area (Å²) < 4.78 is 14.6. The molecule has 5 rings (SSSR count). The first-order valence-corrected chi connectivity index (χ1v) is 16.8. The van der Waals surface area contributed by atoms with Crippen LogP contribution in [0.4, 0.5) is 15.2 Å². The number of benzene rings is 4. The first-order chi connectivity index (χ1) is 22.7. The summed E-state index contributed by atoms with van der Waals surface area (Å²) in [6.07, 6.45) is 1.72. The summed E-state index contributed by atoms with van der Waals surface area (Å²) in [4.78, 5) is 44.9. The van der Waals surface area contributed by atoms with Crippen LogP contribution in [0.1, 0.15) is 29.3 Å². The predicted molar refractivity (Wildman–Crippen MR) is 189 cm³/mol. The summed E-state index contributed by atoms with van der Waals surface area (Å²) in [6, 6.07) is 26.8. The highest BCUT2D eigenvalue weighted by Gasteiger charge is 2.21. The van der Waals surface area contributed by atoms with Crippen LogP contribution in [0.3, 0.4) is 0 Å². The molecule has 0 aliphatic carbocycles. The number of halogens is 3. The van der Waals surface area contributed by atoms with Crippen LogP contribution in [0.15, 0.2) is 113 Å². The van der Waals surface area contributed by atoms with Crippen molar-refractivity contribution < 1.29 is 18.8 Å². The van der Waals surface area contributed by atoms with E-state index in [9.17, 15) is 18.8 Å². The number of hydrogen-bond donors (Lipinski definition) is 3. The van der Waals surface area contributed by atoms with Crippen LogP contribution in [0.5, 0.6) is 0 Å². The van der Waals surface area contributed by atoms with Gasteiger partial charge in [-0.15, -0.1) is 23.1 Å². The number of thioether (sulfide) groups is 1. The van der Waals surface area contributed by atoms with Gasteiger partial charge in [0.25, 0.3) is 11.8 Å². The van der Waals surface area contributed by atoms with Crippen LogP contribution in [0, 0.1) is 5.82 Å². The molecule has 5 aromatic rings. The second-order valence-electron chi connectivity index (χ2n) is 10.0. The Kier molecular flexibility index (Phi) is 11.4. The van der Waals surface area contributed by atoms with Crippen LogP contribution in [-0.2, 0) is 9.59 Å². The van der Waals surface area contributed by atoms with Crippen LogP contribution in [-0.4, -0.2) is 28.0 Å². The number of carbonyl (C=O) groups excluding carboxylic acids is 3. The van der Waals surface area contributed by atoms with Gasteiger partial charge in [-0.05, 0) is 61.0 Å². The summed E-state index contributed by atoms with van der Waals surface area (Å²) >= 11 is 15.1. The van der Waals surface area contributed by atoms with Gasteiger partial charge in [-0.3, -0.25) is 14.4 Å². The average molecular weight is 706 g/mol. The first-order valence-electron chi connectivity index (χ1n) is 14.3. The molecule has 1 heterocycles. The fourth-order valence-corrected chi connectivity index (χ4v) is 6.55. The number of thiazole rings is 1. The molecular weight excluding hydrogens is 678 g/mol. The SMILES string of the molecule is CCC(Sc1cccc(NC(=O)/C(=C\c2c(F)cccc2Cl)NC(=O)c2ccccc2)c1)C(=O)Nc1nc(-c2ccccc2Cl)cs1. The van der Waals surface area contributed by atoms with Crippen molar-refractivity contribution in [1.29, 1.82) is 0 Å². The number of carbonyl (C=O) groups is 3. The van der Waals surface area contributed by atoms with E-state index in [1.54, 1.807) is 54.6 Å². The van der Waals surface area contributed by atoms with Crippen LogP contribution in [0.2, 0.25) is 10.0 Å². The molecule has 7 nitrogen and oxygen atoms in total. The van der Waals surface area contributed by atoms with Crippen molar-refractivity contribution in [2.45, 2.75) is 23.5 Å². The number of anilines is 2. The number of amides is 3. The number of aromatic nitrogens is 1. The molecule has 3 amide bonds. The Hall–Kier alpha value is -4.48. The maximum absolute atomic E-state index is 14.6. The van der Waals surface area contributed by atoms with E-state index < -0.39 is 22.9 Å². The van der Waals surface area contributed by atoms with Gasteiger partial charge in [-0.25, -0.2) is 9.37 Å². The van der Waals surface area contributed by atoms with E-state index in [0.717, 1.165) is 10.5 Å². The topological polar surface area (TPSA) is 100 Å². The second kappa shape index (κ2) is 15.9. The van der Waals surface area contributed by atoms with E-state index in [0.29, 0.717) is 33.5 Å². The van der Waals surface area contributed by atoms with Crippen molar-refractivity contribution in [3.8, 4) is 11.3 Å². The van der Waals surface area contributed by atoms with E-state index in [-0.39, 0.29) is 22.2 Å². The van der Waals surface area contributed by atoms with Gasteiger partial charge in [0, 0.05) is 37.7 Å². The van der Waals surface area contributed by atoms with E-state index >= 15 is 0 Å². The number of nitrogens with one attached hydrogen (secondary N) is 3. The molecular formula is C35H27Cl2FN4O3S2. The lowest BCUT2D eigenvalue weighted by atomic mass is 10.1. The zero-order valence-corrected chi connectivity index (χ0v) is 27.9. The maximum Gasteiger partial charge on any atom is 0.272 e. The normalized spacial score (nSPS) is 11.9. The lowest BCUT2D eigenvalue weighted by Crippen LogP contribution is -2.30. The van der Waals surface area contributed by atoms with Crippen molar-refractivity contribution in [3.63, 3.8) is 0 Å². The van der Waals surface area contributed by atoms with E-state index in [4.69, 9.17) is 23.2 Å². The Morgan fingerprint density at radius 2 is 1.64 bits per heavy atom. The molecule has 0 aliphatic rings. The maximum atomic E-state index is 14.6. The van der Waals surface area contributed by atoms with Gasteiger partial charge in [-0.2, -0.15) is 0 Å². The molecule has 238 valence electrons. The summed E-state index contributed by atoms with van der Waals surface area (Å²) in [5, 5.41) is 10.7. The largest absolute Gasteiger partial charge is 0.321 e. The van der Waals surface area contributed by atoms with Gasteiger partial charge in [0.15, 0.2) is 5.13 Å². The quantitative estimate of drug-likeness (QED) is 0.0941. The van der Waals surface area contributed by atoms with Gasteiger partial charge >= 0.3 is 0 Å². The van der Waals surface area contributed by atoms with Crippen molar-refractivity contribution in [1.82, 2.24) is 10.3 Å². The van der Waals surface area contributed by atoms with Gasteiger partial charge < -0.3 is 16.0 Å². The Labute approximate surface area is 289 Å². The molecule has 0 aliphatic heterocycles. The van der Waals surface area contributed by atoms with Gasteiger partial charge in [-0.1, -0.05) is 78.7 Å². The van der Waals surface area contributed by atoms with Crippen molar-refractivity contribution in [2.24, 2.45) is 0 Å². The molecule has 12 heteroatoms. The van der Waals surface area contributed by atoms with Crippen molar-refractivity contribution in [2.75, 3.05) is 10.6 Å². The summed E-state index contributed by atoms with van der Waals surface area (Å²) in [7, 11) is 0. The summed E-state index contributed by atoms with van der Waals surface area (Å²) in [5.74, 6) is -2.13. The van der Waals surface area contributed by atoms with E-state index in [1.807, 2.05) is 36.6 Å². The fourth-order valence-electron chi connectivity index (χ4n) is 4.38. The molecule has 1 aromatic heterocycles. The highest BCUT2D eigenvalue weighted by atomic mass is 35.5. The lowest BCUT2D eigenvalue weighted by molar-refractivity contribution is -0.116. The summed E-state index contributed by atoms with van der Waals surface area (Å²) in [5.41, 5.74) is 1.90. The Bertz CT molecular complexity index is 1930. The standard InChI is InChI=1S/C35H27Cl2FN4O3S2/c1-2-31(34(45)42-35-41-30(20-46-35)24-14-6-7-15-26(24)36)47-23-13-8-12-22(18-23)39-33(44)29(19-25-27(37)16-9-17-28(25)38)40-32(43)21-10-4-3-5-11-21/h3-20,31H,2H2,1H3,(H,39,44)(H,40,43)(H,41,42,45)/b29-19+. The second-order valence-corrected chi connectivity index (χ2v) is 13.0. The average Bonchev–Trinajstić information content (AvgIpc) is 3.53. The minimum Gasteiger partial charge on any atom is -0.321 e. The highest BCUT2D eigenvalue weighted by Crippen LogP contribution is 2.32. The van der Waals surface area contributed by atoms with Gasteiger partial charge in [0.2, 0.25) is 5.91 Å². The molecule has 0 spiro atoms. The van der Waals surface area contributed by atoms with E-state index in [1.165, 1.54) is 47.4 Å². The Morgan fingerprint density at radius 1 is 0.915 bits per heavy atom. The molecule has 3 N–H and O–H groups in total. The zero-order chi connectivity index (χ0) is 33.3. The summed E-state index contributed by atoms with van der Waals surface area (Å²) in [6.45, 7) is 1.90. The minimum absolute atomic E-state index is 0.0481. The van der Waals surface area contributed by atoms with Crippen molar-refractivity contribution in [3.05, 3.63) is 135 Å². The van der Waals surface area contributed by atoms with E-state index in [2.05, 4.69) is 20.9 Å². The third-order valence-corrected chi connectivity index (χ3v) is 9.51. The first kappa shape index (κ1) is 33.9.